The molecule has 0 aromatic rings. The van der Waals surface area contributed by atoms with Gasteiger partial charge in [0.2, 0.25) is 5.91 Å². The molecule has 0 saturated heterocycles. The summed E-state index contributed by atoms with van der Waals surface area (Å²) in [6, 6.07) is 0. The van der Waals surface area contributed by atoms with E-state index in [0.29, 0.717) is 13.0 Å². The summed E-state index contributed by atoms with van der Waals surface area (Å²) in [5.74, 6) is -1.53. The lowest BCUT2D eigenvalue weighted by Crippen LogP contribution is -2.35. The lowest BCUT2D eigenvalue weighted by molar-refractivity contribution is -0.147. The van der Waals surface area contributed by atoms with Crippen molar-refractivity contribution in [2.75, 3.05) is 6.54 Å². The lowest BCUT2D eigenvalue weighted by atomic mass is 10.0. The molecule has 0 aliphatic heterocycles. The van der Waals surface area contributed by atoms with Crippen LogP contribution in [-0.4, -0.2) is 23.5 Å². The van der Waals surface area contributed by atoms with Gasteiger partial charge < -0.3 is 10.4 Å². The number of hydrogen-bond donors (Lipinski definition) is 2. The fourth-order valence-electron chi connectivity index (χ4n) is 2.29. The predicted octanol–water partition coefficient (Wildman–Crippen LogP) is 1.79. The number of nitrogens with one attached hydrogen (secondary N) is 1. The largest absolute Gasteiger partial charge is 0.481 e. The summed E-state index contributed by atoms with van der Waals surface area (Å²) < 4.78 is 0. The summed E-state index contributed by atoms with van der Waals surface area (Å²) in [6.07, 6.45) is 6.45. The molecule has 1 unspecified atom stereocenters. The summed E-state index contributed by atoms with van der Waals surface area (Å²) in [7, 11) is 0. The summed E-state index contributed by atoms with van der Waals surface area (Å²) >= 11 is 0. The third-order valence-electron chi connectivity index (χ3n) is 3.35. The highest BCUT2D eigenvalue weighted by atomic mass is 16.4. The molecular formula is C12H21NO3. The van der Waals surface area contributed by atoms with Gasteiger partial charge in [0.25, 0.3) is 0 Å². The maximum Gasteiger partial charge on any atom is 0.316 e. The molecule has 0 bridgehead atoms. The summed E-state index contributed by atoms with van der Waals surface area (Å²) in [4.78, 5) is 22.2. The van der Waals surface area contributed by atoms with Gasteiger partial charge in [0.05, 0.1) is 0 Å². The summed E-state index contributed by atoms with van der Waals surface area (Å²) in [5, 5.41) is 11.5. The standard InChI is InChI=1S/C12H21NO3/c1-2-10(12(15)16)11(14)13-8-7-9-5-3-4-6-9/h9-10H,2-8H2,1H3,(H,13,14)(H,15,16). The molecule has 4 nitrogen and oxygen atoms in total. The first kappa shape index (κ1) is 13.0. The van der Waals surface area contributed by atoms with E-state index >= 15 is 0 Å². The SMILES string of the molecule is CCC(C(=O)O)C(=O)NCCC1CCCC1. The van der Waals surface area contributed by atoms with E-state index in [1.54, 1.807) is 6.92 Å². The zero-order chi connectivity index (χ0) is 12.0. The van der Waals surface area contributed by atoms with Crippen molar-refractivity contribution in [1.82, 2.24) is 5.32 Å². The van der Waals surface area contributed by atoms with E-state index in [4.69, 9.17) is 5.11 Å². The fraction of sp³-hybridized carbons (Fsp3) is 0.833. The maximum atomic E-state index is 11.5. The van der Waals surface area contributed by atoms with Gasteiger partial charge >= 0.3 is 5.97 Å². The van der Waals surface area contributed by atoms with E-state index < -0.39 is 11.9 Å². The van der Waals surface area contributed by atoms with Crippen LogP contribution in [0.2, 0.25) is 0 Å². The number of aliphatic carboxylic acids is 1. The van der Waals surface area contributed by atoms with E-state index in [0.717, 1.165) is 12.3 Å². The van der Waals surface area contributed by atoms with Crippen LogP contribution in [0.25, 0.3) is 0 Å². The average Bonchev–Trinajstić information content (AvgIpc) is 2.71. The van der Waals surface area contributed by atoms with E-state index in [-0.39, 0.29) is 5.91 Å². The smallest absolute Gasteiger partial charge is 0.316 e. The second-order valence-electron chi connectivity index (χ2n) is 4.53. The quantitative estimate of drug-likeness (QED) is 0.680. The third-order valence-corrected chi connectivity index (χ3v) is 3.35. The van der Waals surface area contributed by atoms with Gasteiger partial charge in [-0.2, -0.15) is 0 Å². The molecule has 1 saturated carbocycles. The minimum atomic E-state index is -1.03. The molecule has 1 rings (SSSR count). The molecule has 2 N–H and O–H groups in total. The lowest BCUT2D eigenvalue weighted by Gasteiger charge is -2.12. The molecule has 0 radical (unpaired) electrons. The summed E-state index contributed by atoms with van der Waals surface area (Å²) in [6.45, 7) is 2.34. The number of carboxylic acids is 1. The molecule has 1 atom stereocenters. The normalized spacial score (nSPS) is 18.3. The third kappa shape index (κ3) is 3.83. The number of hydrogen-bond acceptors (Lipinski definition) is 2. The first-order valence-electron chi connectivity index (χ1n) is 6.15. The van der Waals surface area contributed by atoms with E-state index in [1.807, 2.05) is 0 Å². The first-order valence-corrected chi connectivity index (χ1v) is 6.15. The fourth-order valence-corrected chi connectivity index (χ4v) is 2.29. The van der Waals surface area contributed by atoms with Gasteiger partial charge in [-0.15, -0.1) is 0 Å². The zero-order valence-electron chi connectivity index (χ0n) is 9.87. The van der Waals surface area contributed by atoms with Crippen LogP contribution in [0.15, 0.2) is 0 Å². The molecule has 1 aliphatic carbocycles. The van der Waals surface area contributed by atoms with Gasteiger partial charge in [-0.25, -0.2) is 0 Å². The zero-order valence-corrected chi connectivity index (χ0v) is 9.87. The Hall–Kier alpha value is -1.06. The Morgan fingerprint density at radius 1 is 1.38 bits per heavy atom. The van der Waals surface area contributed by atoms with Crippen LogP contribution < -0.4 is 5.32 Å². The van der Waals surface area contributed by atoms with Crippen molar-refractivity contribution in [1.29, 1.82) is 0 Å². The number of carboxylic acid groups (broad SMARTS) is 1. The minimum Gasteiger partial charge on any atom is -0.481 e. The van der Waals surface area contributed by atoms with E-state index in [2.05, 4.69) is 5.32 Å². The monoisotopic (exact) mass is 227 g/mol. The molecule has 16 heavy (non-hydrogen) atoms. The van der Waals surface area contributed by atoms with Gasteiger partial charge in [0.1, 0.15) is 5.92 Å². The Morgan fingerprint density at radius 2 is 2.00 bits per heavy atom. The number of rotatable bonds is 6. The van der Waals surface area contributed by atoms with Crippen molar-refractivity contribution in [2.24, 2.45) is 11.8 Å². The molecule has 1 aliphatic rings. The Morgan fingerprint density at radius 3 is 2.50 bits per heavy atom. The second kappa shape index (κ2) is 6.51. The number of amides is 1. The molecule has 0 spiro atoms. The highest BCUT2D eigenvalue weighted by Gasteiger charge is 2.24. The van der Waals surface area contributed by atoms with Gasteiger partial charge in [-0.05, 0) is 18.8 Å². The van der Waals surface area contributed by atoms with Crippen LogP contribution in [0.1, 0.15) is 45.4 Å². The van der Waals surface area contributed by atoms with Gasteiger partial charge in [-0.3, -0.25) is 9.59 Å². The van der Waals surface area contributed by atoms with Crippen LogP contribution in [-0.2, 0) is 9.59 Å². The van der Waals surface area contributed by atoms with Crippen LogP contribution in [0.3, 0.4) is 0 Å². The maximum absolute atomic E-state index is 11.5. The number of carbonyl (C=O) groups is 2. The summed E-state index contributed by atoms with van der Waals surface area (Å²) in [5.41, 5.74) is 0. The Kier molecular flexibility index (Phi) is 5.29. The highest BCUT2D eigenvalue weighted by Crippen LogP contribution is 2.26. The van der Waals surface area contributed by atoms with Crippen LogP contribution in [0.4, 0.5) is 0 Å². The Balaban J connectivity index is 2.20. The van der Waals surface area contributed by atoms with Crippen molar-refractivity contribution in [3.8, 4) is 0 Å². The van der Waals surface area contributed by atoms with Crippen LogP contribution >= 0.6 is 0 Å². The number of carbonyl (C=O) groups excluding carboxylic acids is 1. The van der Waals surface area contributed by atoms with Gasteiger partial charge in [0, 0.05) is 6.54 Å². The topological polar surface area (TPSA) is 66.4 Å². The van der Waals surface area contributed by atoms with E-state index in [9.17, 15) is 9.59 Å². The molecule has 0 aromatic heterocycles. The highest BCUT2D eigenvalue weighted by molar-refractivity contribution is 5.96. The van der Waals surface area contributed by atoms with E-state index in [1.165, 1.54) is 25.7 Å². The van der Waals surface area contributed by atoms with Crippen molar-refractivity contribution in [2.45, 2.75) is 45.4 Å². The molecule has 0 aromatic carbocycles. The second-order valence-corrected chi connectivity index (χ2v) is 4.53. The molecular weight excluding hydrogens is 206 g/mol. The average molecular weight is 227 g/mol. The van der Waals surface area contributed by atoms with Crippen molar-refractivity contribution < 1.29 is 14.7 Å². The molecule has 1 fully saturated rings. The Bertz CT molecular complexity index is 247. The Labute approximate surface area is 96.4 Å². The van der Waals surface area contributed by atoms with Crippen LogP contribution in [0.5, 0.6) is 0 Å². The molecule has 92 valence electrons. The molecule has 0 heterocycles. The van der Waals surface area contributed by atoms with Crippen molar-refractivity contribution in [3.63, 3.8) is 0 Å². The minimum absolute atomic E-state index is 0.340. The first-order chi connectivity index (χ1) is 7.65. The molecule has 1 amide bonds. The van der Waals surface area contributed by atoms with Gasteiger partial charge in [-0.1, -0.05) is 32.6 Å². The predicted molar refractivity (Wildman–Crippen MR) is 61.0 cm³/mol. The van der Waals surface area contributed by atoms with Gasteiger partial charge in [0.15, 0.2) is 0 Å². The molecule has 4 heteroatoms. The van der Waals surface area contributed by atoms with Crippen molar-refractivity contribution in [3.05, 3.63) is 0 Å². The van der Waals surface area contributed by atoms with Crippen molar-refractivity contribution >= 4 is 11.9 Å². The van der Waals surface area contributed by atoms with Crippen LogP contribution in [0, 0.1) is 11.8 Å².